The number of hydrogen-bond acceptors (Lipinski definition) is 3. The lowest BCUT2D eigenvalue weighted by atomic mass is 9.74. The van der Waals surface area contributed by atoms with Crippen LogP contribution < -0.4 is 5.32 Å². The molecule has 0 unspecified atom stereocenters. The Balaban J connectivity index is 1.52. The highest BCUT2D eigenvalue weighted by molar-refractivity contribution is 7.09. The Bertz CT molecular complexity index is 941. The second kappa shape index (κ2) is 8.93. The van der Waals surface area contributed by atoms with Gasteiger partial charge in [0, 0.05) is 42.0 Å². The molecule has 3 nitrogen and oxygen atoms in total. The van der Waals surface area contributed by atoms with Gasteiger partial charge >= 0.3 is 0 Å². The van der Waals surface area contributed by atoms with E-state index in [1.807, 2.05) is 18.2 Å². The average Bonchev–Trinajstić information content (AvgIpc) is 3.27. The zero-order chi connectivity index (χ0) is 20.1. The molecule has 1 N–H and O–H groups in total. The largest absolute Gasteiger partial charge is 0.381 e. The van der Waals surface area contributed by atoms with Gasteiger partial charge in [-0.3, -0.25) is 4.79 Å². The molecule has 150 valence electrons. The molecule has 29 heavy (non-hydrogen) atoms. The molecule has 2 heterocycles. The zero-order valence-corrected chi connectivity index (χ0v) is 17.6. The van der Waals surface area contributed by atoms with Crippen molar-refractivity contribution >= 4 is 17.2 Å². The normalized spacial score (nSPS) is 15.8. The van der Waals surface area contributed by atoms with Gasteiger partial charge in [0.2, 0.25) is 0 Å². The van der Waals surface area contributed by atoms with E-state index in [-0.39, 0.29) is 11.3 Å². The first-order chi connectivity index (χ1) is 14.2. The number of carbonyl (C=O) groups excluding carboxylic acids is 1. The van der Waals surface area contributed by atoms with Crippen LogP contribution in [0, 0.1) is 6.92 Å². The number of benzene rings is 2. The lowest BCUT2D eigenvalue weighted by Gasteiger charge is -2.38. The lowest BCUT2D eigenvalue weighted by molar-refractivity contribution is 0.0487. The van der Waals surface area contributed by atoms with Crippen LogP contribution >= 0.6 is 11.3 Å². The number of rotatable bonds is 6. The van der Waals surface area contributed by atoms with Crippen molar-refractivity contribution in [3.63, 3.8) is 0 Å². The fourth-order valence-corrected chi connectivity index (χ4v) is 4.81. The maximum atomic E-state index is 13.1. The van der Waals surface area contributed by atoms with Crippen molar-refractivity contribution in [2.24, 2.45) is 0 Å². The number of carbonyl (C=O) groups is 1. The Hall–Kier alpha value is -2.43. The highest BCUT2D eigenvalue weighted by Crippen LogP contribution is 2.34. The van der Waals surface area contributed by atoms with Crippen LogP contribution in [-0.4, -0.2) is 25.7 Å². The van der Waals surface area contributed by atoms with Crippen molar-refractivity contribution < 1.29 is 9.53 Å². The number of amides is 1. The van der Waals surface area contributed by atoms with E-state index in [1.54, 1.807) is 11.3 Å². The van der Waals surface area contributed by atoms with E-state index in [9.17, 15) is 4.79 Å². The number of nitrogens with one attached hydrogen (secondary N) is 1. The van der Waals surface area contributed by atoms with Gasteiger partial charge in [0.15, 0.2) is 0 Å². The molecule has 1 aliphatic rings. The van der Waals surface area contributed by atoms with Gasteiger partial charge in [-0.1, -0.05) is 54.1 Å². The standard InChI is InChI=1S/C25H27NO2S/c1-19-8-10-21(11-9-19)25(12-14-28-15-13-25)18-26-24(27)23-7-3-2-5-20(23)17-22-6-4-16-29-22/h2-11,16H,12-15,17-18H2,1H3,(H,26,27). The molecule has 2 aromatic carbocycles. The summed E-state index contributed by atoms with van der Waals surface area (Å²) in [5.41, 5.74) is 4.32. The summed E-state index contributed by atoms with van der Waals surface area (Å²) in [6.45, 7) is 4.20. The molecule has 0 spiro atoms. The first-order valence-electron chi connectivity index (χ1n) is 10.2. The third-order valence-corrected chi connectivity index (χ3v) is 6.78. The summed E-state index contributed by atoms with van der Waals surface area (Å²) in [7, 11) is 0. The SMILES string of the molecule is Cc1ccc(C2(CNC(=O)c3ccccc3Cc3cccs3)CCOCC2)cc1. The third-order valence-electron chi connectivity index (χ3n) is 5.91. The molecule has 0 aliphatic carbocycles. The molecule has 0 radical (unpaired) electrons. The smallest absolute Gasteiger partial charge is 0.251 e. The number of hydrogen-bond donors (Lipinski definition) is 1. The van der Waals surface area contributed by atoms with Crippen LogP contribution in [0.1, 0.15) is 44.8 Å². The van der Waals surface area contributed by atoms with Gasteiger partial charge in [-0.15, -0.1) is 11.3 Å². The highest BCUT2D eigenvalue weighted by Gasteiger charge is 2.35. The highest BCUT2D eigenvalue weighted by atomic mass is 32.1. The van der Waals surface area contributed by atoms with E-state index >= 15 is 0 Å². The van der Waals surface area contributed by atoms with E-state index in [1.165, 1.54) is 16.0 Å². The molecule has 0 saturated carbocycles. The fraction of sp³-hybridized carbons (Fsp3) is 0.320. The average molecular weight is 406 g/mol. The minimum Gasteiger partial charge on any atom is -0.381 e. The third kappa shape index (κ3) is 4.60. The van der Waals surface area contributed by atoms with Crippen LogP contribution in [0.2, 0.25) is 0 Å². The Labute approximate surface area is 176 Å². The van der Waals surface area contributed by atoms with Crippen LogP contribution in [0.25, 0.3) is 0 Å². The monoisotopic (exact) mass is 405 g/mol. The van der Waals surface area contributed by atoms with Crippen LogP contribution in [0.3, 0.4) is 0 Å². The Morgan fingerprint density at radius 2 is 1.79 bits per heavy atom. The molecule has 1 aromatic heterocycles. The second-order valence-electron chi connectivity index (χ2n) is 7.85. The Kier molecular flexibility index (Phi) is 6.12. The van der Waals surface area contributed by atoms with Crippen molar-refractivity contribution in [2.75, 3.05) is 19.8 Å². The minimum absolute atomic E-state index is 0.00938. The Morgan fingerprint density at radius 1 is 1.03 bits per heavy atom. The van der Waals surface area contributed by atoms with Crippen molar-refractivity contribution in [3.05, 3.63) is 93.2 Å². The van der Waals surface area contributed by atoms with E-state index in [0.717, 1.165) is 43.6 Å². The van der Waals surface area contributed by atoms with E-state index in [0.29, 0.717) is 6.54 Å². The summed E-state index contributed by atoms with van der Waals surface area (Å²) in [6, 6.07) is 20.8. The van der Waals surface area contributed by atoms with Gasteiger partial charge in [-0.2, -0.15) is 0 Å². The van der Waals surface area contributed by atoms with Crippen molar-refractivity contribution in [2.45, 2.75) is 31.6 Å². The summed E-state index contributed by atoms with van der Waals surface area (Å²) < 4.78 is 5.63. The van der Waals surface area contributed by atoms with Gasteiger partial charge in [0.05, 0.1) is 0 Å². The van der Waals surface area contributed by atoms with Crippen molar-refractivity contribution in [3.8, 4) is 0 Å². The zero-order valence-electron chi connectivity index (χ0n) is 16.8. The lowest BCUT2D eigenvalue weighted by Crippen LogP contribution is -2.44. The molecule has 0 bridgehead atoms. The molecular weight excluding hydrogens is 378 g/mol. The minimum atomic E-state index is -0.0652. The van der Waals surface area contributed by atoms with Crippen molar-refractivity contribution in [1.82, 2.24) is 5.32 Å². The van der Waals surface area contributed by atoms with Crippen molar-refractivity contribution in [1.29, 1.82) is 0 Å². The number of thiophene rings is 1. The van der Waals surface area contributed by atoms with E-state index in [2.05, 4.69) is 60.1 Å². The predicted octanol–water partition coefficient (Wildman–Crippen LogP) is 5.13. The molecule has 1 aliphatic heterocycles. The van der Waals surface area contributed by atoms with Crippen LogP contribution in [0.4, 0.5) is 0 Å². The predicted molar refractivity (Wildman–Crippen MR) is 119 cm³/mol. The number of ether oxygens (including phenoxy) is 1. The first-order valence-corrected chi connectivity index (χ1v) is 11.1. The van der Waals surface area contributed by atoms with Crippen LogP contribution in [-0.2, 0) is 16.6 Å². The molecule has 0 atom stereocenters. The van der Waals surface area contributed by atoms with Gasteiger partial charge in [0.1, 0.15) is 0 Å². The molecule has 1 saturated heterocycles. The summed E-state index contributed by atoms with van der Waals surface area (Å²) in [5.74, 6) is 0.00938. The van der Waals surface area contributed by atoms with Gasteiger partial charge in [0.25, 0.3) is 5.91 Å². The van der Waals surface area contributed by atoms with Gasteiger partial charge in [-0.05, 0) is 48.4 Å². The van der Waals surface area contributed by atoms with E-state index < -0.39 is 0 Å². The molecule has 1 amide bonds. The van der Waals surface area contributed by atoms with Crippen LogP contribution in [0.5, 0.6) is 0 Å². The summed E-state index contributed by atoms with van der Waals surface area (Å²) in [5, 5.41) is 5.33. The summed E-state index contributed by atoms with van der Waals surface area (Å²) in [4.78, 5) is 14.4. The maximum absolute atomic E-state index is 13.1. The van der Waals surface area contributed by atoms with Gasteiger partial charge < -0.3 is 10.1 Å². The molecule has 3 aromatic rings. The van der Waals surface area contributed by atoms with Gasteiger partial charge in [-0.25, -0.2) is 0 Å². The molecule has 4 rings (SSSR count). The first kappa shape index (κ1) is 19.9. The Morgan fingerprint density at radius 3 is 2.52 bits per heavy atom. The topological polar surface area (TPSA) is 38.3 Å². The quantitative estimate of drug-likeness (QED) is 0.618. The van der Waals surface area contributed by atoms with E-state index in [4.69, 9.17) is 4.74 Å². The maximum Gasteiger partial charge on any atom is 0.251 e. The summed E-state index contributed by atoms with van der Waals surface area (Å²) >= 11 is 1.73. The molecular formula is C25H27NO2S. The second-order valence-corrected chi connectivity index (χ2v) is 8.89. The molecule has 4 heteroatoms. The fourth-order valence-electron chi connectivity index (χ4n) is 4.08. The van der Waals surface area contributed by atoms with Crippen LogP contribution in [0.15, 0.2) is 66.0 Å². The molecule has 1 fully saturated rings. The summed E-state index contributed by atoms with van der Waals surface area (Å²) in [6.07, 6.45) is 2.64. The number of aryl methyl sites for hydroxylation is 1.